The Morgan fingerprint density at radius 3 is 3.00 bits per heavy atom. The number of carbonyl (C=O) groups excluding carboxylic acids is 1. The molecular formula is C14H19N3O2. The standard InChI is InChI=1S/C14H19N3O2/c1-2-10(7-8-18)9-15-14(19)13-11-5-3-4-6-12(11)16-17-13/h3-6,10,18H,2,7-9H2,1H3,(H,15,19)(H,16,17). The van der Waals surface area contributed by atoms with Crippen molar-refractivity contribution in [2.24, 2.45) is 5.92 Å². The lowest BCUT2D eigenvalue weighted by Crippen LogP contribution is -2.29. The first-order chi connectivity index (χ1) is 9.26. The Morgan fingerprint density at radius 1 is 1.47 bits per heavy atom. The number of aliphatic hydroxyl groups excluding tert-OH is 1. The van der Waals surface area contributed by atoms with Crippen LogP contribution in [0.15, 0.2) is 24.3 Å². The van der Waals surface area contributed by atoms with Crippen molar-refractivity contribution >= 4 is 16.8 Å². The first-order valence-electron chi connectivity index (χ1n) is 6.58. The average Bonchev–Trinajstić information content (AvgIpc) is 2.87. The number of hydrogen-bond acceptors (Lipinski definition) is 3. The molecule has 0 bridgehead atoms. The molecule has 1 aromatic heterocycles. The molecule has 1 aromatic carbocycles. The van der Waals surface area contributed by atoms with Crippen LogP contribution in [0.3, 0.4) is 0 Å². The molecule has 0 spiro atoms. The maximum atomic E-state index is 12.1. The summed E-state index contributed by atoms with van der Waals surface area (Å²) in [6.07, 6.45) is 1.64. The van der Waals surface area contributed by atoms with Crippen LogP contribution in [-0.4, -0.2) is 34.4 Å². The fourth-order valence-corrected chi connectivity index (χ4v) is 2.09. The minimum absolute atomic E-state index is 0.152. The van der Waals surface area contributed by atoms with E-state index in [2.05, 4.69) is 22.4 Å². The zero-order valence-electron chi connectivity index (χ0n) is 11.0. The predicted octanol–water partition coefficient (Wildman–Crippen LogP) is 1.70. The zero-order valence-corrected chi connectivity index (χ0v) is 11.0. The minimum atomic E-state index is -0.172. The highest BCUT2D eigenvalue weighted by atomic mass is 16.3. The summed E-state index contributed by atoms with van der Waals surface area (Å²) in [7, 11) is 0. The topological polar surface area (TPSA) is 78.0 Å². The summed E-state index contributed by atoms with van der Waals surface area (Å²) in [6.45, 7) is 2.77. The van der Waals surface area contributed by atoms with Crippen LogP contribution in [0, 0.1) is 5.92 Å². The van der Waals surface area contributed by atoms with Crippen molar-refractivity contribution in [1.82, 2.24) is 15.5 Å². The number of amides is 1. The van der Waals surface area contributed by atoms with Crippen molar-refractivity contribution < 1.29 is 9.90 Å². The summed E-state index contributed by atoms with van der Waals surface area (Å²) in [5, 5.41) is 19.5. The Bertz CT molecular complexity index is 550. The lowest BCUT2D eigenvalue weighted by Gasteiger charge is -2.13. The maximum Gasteiger partial charge on any atom is 0.272 e. The Kier molecular flexibility index (Phi) is 4.52. The summed E-state index contributed by atoms with van der Waals surface area (Å²) in [4.78, 5) is 12.1. The second kappa shape index (κ2) is 6.33. The van der Waals surface area contributed by atoms with E-state index in [0.29, 0.717) is 24.6 Å². The van der Waals surface area contributed by atoms with Gasteiger partial charge in [0.05, 0.1) is 5.52 Å². The average molecular weight is 261 g/mol. The molecule has 0 saturated heterocycles. The van der Waals surface area contributed by atoms with Crippen molar-refractivity contribution in [3.05, 3.63) is 30.0 Å². The van der Waals surface area contributed by atoms with Gasteiger partial charge < -0.3 is 10.4 Å². The SMILES string of the molecule is CCC(CCO)CNC(=O)c1n[nH]c2ccccc12. The molecule has 0 aliphatic heterocycles. The van der Waals surface area contributed by atoms with Crippen molar-refractivity contribution in [2.45, 2.75) is 19.8 Å². The quantitative estimate of drug-likeness (QED) is 0.740. The van der Waals surface area contributed by atoms with Gasteiger partial charge in [0.15, 0.2) is 5.69 Å². The Hall–Kier alpha value is -1.88. The third-order valence-corrected chi connectivity index (χ3v) is 3.35. The second-order valence-electron chi connectivity index (χ2n) is 4.61. The van der Waals surface area contributed by atoms with E-state index in [4.69, 9.17) is 5.11 Å². The number of aromatic amines is 1. The molecule has 2 rings (SSSR count). The van der Waals surface area contributed by atoms with Gasteiger partial charge >= 0.3 is 0 Å². The first-order valence-corrected chi connectivity index (χ1v) is 6.58. The van der Waals surface area contributed by atoms with E-state index in [9.17, 15) is 4.79 Å². The summed E-state index contributed by atoms with van der Waals surface area (Å²) < 4.78 is 0. The van der Waals surface area contributed by atoms with Crippen LogP contribution < -0.4 is 5.32 Å². The van der Waals surface area contributed by atoms with Crippen LogP contribution in [0.2, 0.25) is 0 Å². The summed E-state index contributed by atoms with van der Waals surface area (Å²) in [5.74, 6) is 0.132. The number of aromatic nitrogens is 2. The van der Waals surface area contributed by atoms with Crippen molar-refractivity contribution in [1.29, 1.82) is 0 Å². The van der Waals surface area contributed by atoms with Crippen LogP contribution in [0.4, 0.5) is 0 Å². The van der Waals surface area contributed by atoms with Crippen LogP contribution in [0.25, 0.3) is 10.9 Å². The van der Waals surface area contributed by atoms with Gasteiger partial charge in [0.25, 0.3) is 5.91 Å². The molecule has 2 aromatic rings. The van der Waals surface area contributed by atoms with Gasteiger partial charge in [-0.25, -0.2) is 0 Å². The summed E-state index contributed by atoms with van der Waals surface area (Å²) >= 11 is 0. The molecule has 5 nitrogen and oxygen atoms in total. The third kappa shape index (κ3) is 3.12. The van der Waals surface area contributed by atoms with E-state index in [-0.39, 0.29) is 12.5 Å². The summed E-state index contributed by atoms with van der Waals surface area (Å²) in [6, 6.07) is 7.55. The molecule has 0 saturated carbocycles. The molecule has 0 radical (unpaired) electrons. The molecule has 1 atom stereocenters. The predicted molar refractivity (Wildman–Crippen MR) is 73.9 cm³/mol. The van der Waals surface area contributed by atoms with E-state index in [1.165, 1.54) is 0 Å². The third-order valence-electron chi connectivity index (χ3n) is 3.35. The highest BCUT2D eigenvalue weighted by Gasteiger charge is 2.14. The largest absolute Gasteiger partial charge is 0.396 e. The lowest BCUT2D eigenvalue weighted by atomic mass is 10.0. The molecule has 1 amide bonds. The molecule has 1 heterocycles. The minimum Gasteiger partial charge on any atom is -0.396 e. The van der Waals surface area contributed by atoms with Crippen molar-refractivity contribution in [3.8, 4) is 0 Å². The molecule has 1 unspecified atom stereocenters. The zero-order chi connectivity index (χ0) is 13.7. The second-order valence-corrected chi connectivity index (χ2v) is 4.61. The Labute approximate surface area is 112 Å². The molecule has 102 valence electrons. The maximum absolute atomic E-state index is 12.1. The van der Waals surface area contributed by atoms with Crippen LogP contribution in [0.1, 0.15) is 30.3 Å². The van der Waals surface area contributed by atoms with Gasteiger partial charge in [-0.2, -0.15) is 5.10 Å². The van der Waals surface area contributed by atoms with E-state index < -0.39 is 0 Å². The van der Waals surface area contributed by atoms with Crippen molar-refractivity contribution in [2.75, 3.05) is 13.2 Å². The number of rotatable bonds is 6. The Balaban J connectivity index is 2.04. The molecule has 0 aliphatic rings. The van der Waals surface area contributed by atoms with E-state index in [1.54, 1.807) is 0 Å². The van der Waals surface area contributed by atoms with Crippen molar-refractivity contribution in [3.63, 3.8) is 0 Å². The van der Waals surface area contributed by atoms with E-state index in [0.717, 1.165) is 17.3 Å². The molecule has 0 aliphatic carbocycles. The van der Waals surface area contributed by atoms with Crippen LogP contribution in [0.5, 0.6) is 0 Å². The van der Waals surface area contributed by atoms with Gasteiger partial charge in [0.1, 0.15) is 0 Å². The van der Waals surface area contributed by atoms with Gasteiger partial charge in [-0.1, -0.05) is 31.5 Å². The monoisotopic (exact) mass is 261 g/mol. The van der Waals surface area contributed by atoms with Gasteiger partial charge in [0.2, 0.25) is 0 Å². The highest BCUT2D eigenvalue weighted by molar-refractivity contribution is 6.04. The number of hydrogen-bond donors (Lipinski definition) is 3. The molecule has 3 N–H and O–H groups in total. The van der Waals surface area contributed by atoms with Gasteiger partial charge in [-0.15, -0.1) is 0 Å². The number of para-hydroxylation sites is 1. The fraction of sp³-hybridized carbons (Fsp3) is 0.429. The molecule has 19 heavy (non-hydrogen) atoms. The van der Waals surface area contributed by atoms with Gasteiger partial charge in [-0.05, 0) is 18.4 Å². The highest BCUT2D eigenvalue weighted by Crippen LogP contribution is 2.15. The number of carbonyl (C=O) groups is 1. The number of nitrogens with zero attached hydrogens (tertiary/aromatic N) is 1. The van der Waals surface area contributed by atoms with Gasteiger partial charge in [0, 0.05) is 18.5 Å². The Morgan fingerprint density at radius 2 is 2.26 bits per heavy atom. The van der Waals surface area contributed by atoms with Crippen LogP contribution >= 0.6 is 0 Å². The number of aliphatic hydroxyl groups is 1. The number of fused-ring (bicyclic) bond motifs is 1. The summed E-state index contributed by atoms with van der Waals surface area (Å²) in [5.41, 5.74) is 1.28. The van der Waals surface area contributed by atoms with Crippen LogP contribution in [-0.2, 0) is 0 Å². The molecule has 0 fully saturated rings. The number of benzene rings is 1. The van der Waals surface area contributed by atoms with E-state index >= 15 is 0 Å². The first kappa shape index (κ1) is 13.5. The fourth-order valence-electron chi connectivity index (χ4n) is 2.09. The number of nitrogens with one attached hydrogen (secondary N) is 2. The molecular weight excluding hydrogens is 242 g/mol. The molecule has 5 heteroatoms. The smallest absolute Gasteiger partial charge is 0.272 e. The van der Waals surface area contributed by atoms with Gasteiger partial charge in [-0.3, -0.25) is 9.89 Å². The van der Waals surface area contributed by atoms with E-state index in [1.807, 2.05) is 24.3 Å². The lowest BCUT2D eigenvalue weighted by molar-refractivity contribution is 0.0940. The normalized spacial score (nSPS) is 12.5. The number of H-pyrrole nitrogens is 1.